The van der Waals surface area contributed by atoms with Gasteiger partial charge in [0, 0.05) is 29.3 Å². The molecule has 1 aliphatic rings. The lowest BCUT2D eigenvalue weighted by Crippen LogP contribution is -2.32. The zero-order valence-electron chi connectivity index (χ0n) is 12.4. The molecule has 0 spiro atoms. The molecule has 1 atom stereocenters. The second-order valence-corrected chi connectivity index (χ2v) is 6.34. The van der Waals surface area contributed by atoms with Gasteiger partial charge >= 0.3 is 0 Å². The van der Waals surface area contributed by atoms with E-state index in [1.165, 1.54) is 0 Å². The molecule has 0 bridgehead atoms. The number of anilines is 1. The SMILES string of the molecule is O=C(NCc1ccccn1)C1CC(=O)N(c2cccc(Br)c2)C1. The third kappa shape index (κ3) is 3.76. The number of halogens is 1. The molecule has 3 rings (SSSR count). The minimum Gasteiger partial charge on any atom is -0.350 e. The maximum atomic E-state index is 12.3. The maximum absolute atomic E-state index is 12.3. The minimum absolute atomic E-state index is 0.0268. The van der Waals surface area contributed by atoms with Gasteiger partial charge in [0.05, 0.1) is 18.2 Å². The first kappa shape index (κ1) is 15.7. The van der Waals surface area contributed by atoms with Gasteiger partial charge in [-0.2, -0.15) is 0 Å². The smallest absolute Gasteiger partial charge is 0.227 e. The highest BCUT2D eigenvalue weighted by molar-refractivity contribution is 9.10. The van der Waals surface area contributed by atoms with Gasteiger partial charge in [-0.1, -0.05) is 28.1 Å². The summed E-state index contributed by atoms with van der Waals surface area (Å²) in [7, 11) is 0. The Hall–Kier alpha value is -2.21. The third-order valence-electron chi connectivity index (χ3n) is 3.79. The van der Waals surface area contributed by atoms with Gasteiger partial charge in [-0.3, -0.25) is 14.6 Å². The van der Waals surface area contributed by atoms with Gasteiger partial charge in [0.1, 0.15) is 0 Å². The average molecular weight is 374 g/mol. The second-order valence-electron chi connectivity index (χ2n) is 5.42. The summed E-state index contributed by atoms with van der Waals surface area (Å²) in [5.74, 6) is -0.465. The highest BCUT2D eigenvalue weighted by Crippen LogP contribution is 2.27. The molecule has 1 fully saturated rings. The number of pyridine rings is 1. The number of benzene rings is 1. The van der Waals surface area contributed by atoms with Crippen LogP contribution in [0.1, 0.15) is 12.1 Å². The molecule has 23 heavy (non-hydrogen) atoms. The third-order valence-corrected chi connectivity index (χ3v) is 4.28. The molecule has 0 radical (unpaired) electrons. The van der Waals surface area contributed by atoms with E-state index in [0.29, 0.717) is 13.1 Å². The monoisotopic (exact) mass is 373 g/mol. The van der Waals surface area contributed by atoms with Crippen molar-refractivity contribution in [2.24, 2.45) is 5.92 Å². The van der Waals surface area contributed by atoms with E-state index >= 15 is 0 Å². The predicted octanol–water partition coefficient (Wildman–Crippen LogP) is 2.51. The number of hydrogen-bond acceptors (Lipinski definition) is 3. The summed E-state index contributed by atoms with van der Waals surface area (Å²) in [6.45, 7) is 0.782. The molecule has 2 heterocycles. The van der Waals surface area contributed by atoms with Crippen LogP contribution >= 0.6 is 15.9 Å². The molecule has 0 saturated carbocycles. The Labute approximate surface area is 142 Å². The van der Waals surface area contributed by atoms with Crippen LogP contribution in [0.15, 0.2) is 53.1 Å². The minimum atomic E-state index is -0.329. The van der Waals surface area contributed by atoms with Crippen LogP contribution in [0.25, 0.3) is 0 Å². The first-order valence-corrected chi connectivity index (χ1v) is 8.16. The van der Waals surface area contributed by atoms with Crippen molar-refractivity contribution < 1.29 is 9.59 Å². The van der Waals surface area contributed by atoms with Crippen molar-refractivity contribution in [1.29, 1.82) is 0 Å². The van der Waals surface area contributed by atoms with E-state index in [2.05, 4.69) is 26.2 Å². The fourth-order valence-electron chi connectivity index (χ4n) is 2.60. The second kappa shape index (κ2) is 6.91. The molecule has 2 aromatic rings. The summed E-state index contributed by atoms with van der Waals surface area (Å²) in [6, 6.07) is 13.1. The van der Waals surface area contributed by atoms with Crippen molar-refractivity contribution in [2.45, 2.75) is 13.0 Å². The summed E-state index contributed by atoms with van der Waals surface area (Å²) in [5, 5.41) is 2.86. The quantitative estimate of drug-likeness (QED) is 0.895. The number of hydrogen-bond donors (Lipinski definition) is 1. The van der Waals surface area contributed by atoms with Gasteiger partial charge in [-0.15, -0.1) is 0 Å². The van der Waals surface area contributed by atoms with Crippen LogP contribution in [0, 0.1) is 5.92 Å². The van der Waals surface area contributed by atoms with Crippen LogP contribution < -0.4 is 10.2 Å². The van der Waals surface area contributed by atoms with Crippen molar-refractivity contribution in [2.75, 3.05) is 11.4 Å². The van der Waals surface area contributed by atoms with Gasteiger partial charge in [0.15, 0.2) is 0 Å². The van der Waals surface area contributed by atoms with Crippen molar-refractivity contribution in [3.63, 3.8) is 0 Å². The molecule has 5 nitrogen and oxygen atoms in total. The fourth-order valence-corrected chi connectivity index (χ4v) is 2.99. The molecular weight excluding hydrogens is 358 g/mol. The summed E-state index contributed by atoms with van der Waals surface area (Å²) in [5.41, 5.74) is 1.61. The summed E-state index contributed by atoms with van der Waals surface area (Å²) in [4.78, 5) is 30.3. The topological polar surface area (TPSA) is 62.3 Å². The number of carbonyl (C=O) groups excluding carboxylic acids is 2. The number of rotatable bonds is 4. The molecular formula is C17H16BrN3O2. The number of nitrogens with one attached hydrogen (secondary N) is 1. The summed E-state index contributed by atoms with van der Waals surface area (Å²) >= 11 is 3.40. The van der Waals surface area contributed by atoms with Crippen LogP contribution in [-0.2, 0) is 16.1 Å². The standard InChI is InChI=1S/C17H16BrN3O2/c18-13-4-3-6-15(9-13)21-11-12(8-16(21)22)17(23)20-10-14-5-1-2-7-19-14/h1-7,9,12H,8,10-11H2,(H,20,23). The van der Waals surface area contributed by atoms with E-state index in [1.54, 1.807) is 11.1 Å². The van der Waals surface area contributed by atoms with Crippen molar-refractivity contribution >= 4 is 33.4 Å². The maximum Gasteiger partial charge on any atom is 0.227 e. The van der Waals surface area contributed by atoms with E-state index in [-0.39, 0.29) is 24.2 Å². The van der Waals surface area contributed by atoms with E-state index in [4.69, 9.17) is 0 Å². The van der Waals surface area contributed by atoms with Crippen LogP contribution in [0.3, 0.4) is 0 Å². The van der Waals surface area contributed by atoms with E-state index in [0.717, 1.165) is 15.9 Å². The average Bonchev–Trinajstić information content (AvgIpc) is 2.95. The van der Waals surface area contributed by atoms with Crippen LogP contribution in [0.5, 0.6) is 0 Å². The molecule has 1 saturated heterocycles. The van der Waals surface area contributed by atoms with Gasteiger partial charge in [0.2, 0.25) is 11.8 Å². The van der Waals surface area contributed by atoms with Crippen LogP contribution in [0.2, 0.25) is 0 Å². The van der Waals surface area contributed by atoms with Crippen LogP contribution in [-0.4, -0.2) is 23.3 Å². The summed E-state index contributed by atoms with van der Waals surface area (Å²) in [6.07, 6.45) is 1.93. The zero-order valence-corrected chi connectivity index (χ0v) is 14.0. The highest BCUT2D eigenvalue weighted by atomic mass is 79.9. The van der Waals surface area contributed by atoms with Crippen molar-refractivity contribution in [1.82, 2.24) is 10.3 Å². The van der Waals surface area contributed by atoms with E-state index in [9.17, 15) is 9.59 Å². The molecule has 1 unspecified atom stereocenters. The Bertz CT molecular complexity index is 721. The lowest BCUT2D eigenvalue weighted by molar-refractivity contribution is -0.126. The zero-order chi connectivity index (χ0) is 16.2. The first-order valence-electron chi connectivity index (χ1n) is 7.37. The van der Waals surface area contributed by atoms with Crippen LogP contribution in [0.4, 0.5) is 5.69 Å². The first-order chi connectivity index (χ1) is 11.1. The molecule has 118 valence electrons. The number of aromatic nitrogens is 1. The summed E-state index contributed by atoms with van der Waals surface area (Å²) < 4.78 is 0.908. The predicted molar refractivity (Wildman–Crippen MR) is 90.7 cm³/mol. The van der Waals surface area contributed by atoms with Gasteiger partial charge in [-0.25, -0.2) is 0 Å². The Balaban J connectivity index is 1.62. The largest absolute Gasteiger partial charge is 0.350 e. The Kier molecular flexibility index (Phi) is 4.71. The molecule has 6 heteroatoms. The van der Waals surface area contributed by atoms with E-state index < -0.39 is 0 Å². The van der Waals surface area contributed by atoms with Gasteiger partial charge < -0.3 is 10.2 Å². The van der Waals surface area contributed by atoms with Gasteiger partial charge in [-0.05, 0) is 30.3 Å². The number of nitrogens with zero attached hydrogens (tertiary/aromatic N) is 2. The fraction of sp³-hybridized carbons (Fsp3) is 0.235. The normalized spacial score (nSPS) is 17.3. The Morgan fingerprint density at radius 1 is 1.30 bits per heavy atom. The van der Waals surface area contributed by atoms with Gasteiger partial charge in [0.25, 0.3) is 0 Å². The number of amides is 2. The van der Waals surface area contributed by atoms with Crippen molar-refractivity contribution in [3.05, 3.63) is 58.8 Å². The lowest BCUT2D eigenvalue weighted by atomic mass is 10.1. The molecule has 2 amide bonds. The molecule has 0 aliphatic carbocycles. The highest BCUT2D eigenvalue weighted by Gasteiger charge is 2.35. The van der Waals surface area contributed by atoms with E-state index in [1.807, 2.05) is 42.5 Å². The van der Waals surface area contributed by atoms with Crippen molar-refractivity contribution in [3.8, 4) is 0 Å². The molecule has 1 N–H and O–H groups in total. The molecule has 1 aromatic carbocycles. The lowest BCUT2D eigenvalue weighted by Gasteiger charge is -2.17. The Morgan fingerprint density at radius 2 is 2.17 bits per heavy atom. The molecule has 1 aromatic heterocycles. The number of carbonyl (C=O) groups is 2. The Morgan fingerprint density at radius 3 is 2.91 bits per heavy atom. The molecule has 1 aliphatic heterocycles.